The van der Waals surface area contributed by atoms with Crippen molar-refractivity contribution in [2.24, 2.45) is 0 Å². The van der Waals surface area contributed by atoms with Gasteiger partial charge in [0.2, 0.25) is 10.0 Å². The van der Waals surface area contributed by atoms with Gasteiger partial charge in [-0.2, -0.15) is 0 Å². The van der Waals surface area contributed by atoms with Crippen LogP contribution >= 0.6 is 0 Å². The first-order valence-corrected chi connectivity index (χ1v) is 11.2. The molecular weight excluding hydrogens is 392 g/mol. The van der Waals surface area contributed by atoms with Crippen LogP contribution in [0.5, 0.6) is 11.5 Å². The quantitative estimate of drug-likeness (QED) is 0.598. The predicted octanol–water partition coefficient (Wildman–Crippen LogP) is 2.74. The summed E-state index contributed by atoms with van der Waals surface area (Å²) in [6.45, 7) is 4.58. The summed E-state index contributed by atoms with van der Waals surface area (Å²) in [6, 6.07) is 14.3. The summed E-state index contributed by atoms with van der Waals surface area (Å²) < 4.78 is 35.7. The summed E-state index contributed by atoms with van der Waals surface area (Å²) in [7, 11) is -1.85. The molecule has 1 amide bonds. The van der Waals surface area contributed by atoms with E-state index < -0.39 is 16.1 Å². The van der Waals surface area contributed by atoms with Crippen LogP contribution in [0.3, 0.4) is 0 Å². The minimum atomic E-state index is -3.33. The number of hydrogen-bond donors (Lipinski definition) is 1. The zero-order chi connectivity index (χ0) is 21.4. The molecule has 0 aromatic heterocycles. The Labute approximate surface area is 172 Å². The van der Waals surface area contributed by atoms with Gasteiger partial charge in [0, 0.05) is 7.05 Å². The molecule has 29 heavy (non-hydrogen) atoms. The van der Waals surface area contributed by atoms with E-state index in [1.54, 1.807) is 24.3 Å². The summed E-state index contributed by atoms with van der Waals surface area (Å²) in [5.41, 5.74) is 1.63. The summed E-state index contributed by atoms with van der Waals surface area (Å²) in [6.07, 6.45) is 0.986. The third kappa shape index (κ3) is 6.98. The fourth-order valence-corrected chi connectivity index (χ4v) is 3.08. The molecule has 0 aliphatic carbocycles. The highest BCUT2D eigenvalue weighted by Crippen LogP contribution is 2.21. The van der Waals surface area contributed by atoms with Gasteiger partial charge in [0.05, 0.1) is 18.5 Å². The average Bonchev–Trinajstić information content (AvgIpc) is 2.68. The van der Waals surface area contributed by atoms with Crippen molar-refractivity contribution in [3.63, 3.8) is 0 Å². The molecule has 158 valence electrons. The Morgan fingerprint density at radius 1 is 1.14 bits per heavy atom. The molecule has 0 aliphatic rings. The molecule has 0 saturated heterocycles. The summed E-state index contributed by atoms with van der Waals surface area (Å²) >= 11 is 0. The summed E-state index contributed by atoms with van der Waals surface area (Å²) in [5, 5.41) is 2.81. The van der Waals surface area contributed by atoms with Gasteiger partial charge in [-0.15, -0.1) is 0 Å². The van der Waals surface area contributed by atoms with Gasteiger partial charge in [0.25, 0.3) is 5.91 Å². The maximum atomic E-state index is 12.4. The number of aryl methyl sites for hydroxylation is 1. The number of amides is 1. The van der Waals surface area contributed by atoms with E-state index >= 15 is 0 Å². The fraction of sp³-hybridized carbons (Fsp3) is 0.381. The Hall–Kier alpha value is -2.74. The smallest absolute Gasteiger partial charge is 0.261 e. The number of nitrogens with one attached hydrogen (secondary N) is 1. The molecule has 2 aromatic carbocycles. The first-order valence-electron chi connectivity index (χ1n) is 9.38. The second-order valence-electron chi connectivity index (χ2n) is 6.70. The number of nitrogens with zero attached hydrogens (tertiary/aromatic N) is 1. The van der Waals surface area contributed by atoms with E-state index in [2.05, 4.69) is 5.32 Å². The number of rotatable bonds is 10. The highest BCUT2D eigenvalue weighted by atomic mass is 32.2. The molecule has 0 aliphatic heterocycles. The molecule has 2 rings (SSSR count). The van der Waals surface area contributed by atoms with E-state index in [0.717, 1.165) is 17.6 Å². The number of sulfonamides is 1. The van der Waals surface area contributed by atoms with Gasteiger partial charge in [0.15, 0.2) is 6.10 Å². The summed E-state index contributed by atoms with van der Waals surface area (Å²) in [4.78, 5) is 12.4. The Bertz CT molecular complexity index is 913. The predicted molar refractivity (Wildman–Crippen MR) is 114 cm³/mol. The largest absolute Gasteiger partial charge is 0.492 e. The van der Waals surface area contributed by atoms with Crippen LogP contribution in [0.2, 0.25) is 0 Å². The van der Waals surface area contributed by atoms with Crippen molar-refractivity contribution in [2.75, 3.05) is 30.8 Å². The minimum Gasteiger partial charge on any atom is -0.492 e. The van der Waals surface area contributed by atoms with Crippen LogP contribution in [0, 0.1) is 6.92 Å². The lowest BCUT2D eigenvalue weighted by Gasteiger charge is -2.19. The second-order valence-corrected chi connectivity index (χ2v) is 8.71. The van der Waals surface area contributed by atoms with Gasteiger partial charge in [0.1, 0.15) is 18.1 Å². The van der Waals surface area contributed by atoms with Gasteiger partial charge < -0.3 is 14.8 Å². The molecule has 7 nitrogen and oxygen atoms in total. The first-order chi connectivity index (χ1) is 13.7. The molecule has 2 aromatic rings. The molecule has 0 saturated carbocycles. The molecule has 0 radical (unpaired) electrons. The van der Waals surface area contributed by atoms with Crippen LogP contribution in [0.1, 0.15) is 18.9 Å². The standard InChI is InChI=1S/C21H28N2O5S/c1-5-20(21(24)22-13-14-27-19-8-6-7-16(2)15-19)28-18-11-9-17(10-12-18)23(3)29(4,25)26/h6-12,15,20H,5,13-14H2,1-4H3,(H,22,24)/t20-/m1/s1. The van der Waals surface area contributed by atoms with Crippen LogP contribution < -0.4 is 19.1 Å². The van der Waals surface area contributed by atoms with E-state index in [1.807, 2.05) is 38.1 Å². The molecule has 8 heteroatoms. The number of ether oxygens (including phenoxy) is 2. The van der Waals surface area contributed by atoms with Crippen LogP contribution in [0.25, 0.3) is 0 Å². The van der Waals surface area contributed by atoms with E-state index in [4.69, 9.17) is 9.47 Å². The maximum absolute atomic E-state index is 12.4. The minimum absolute atomic E-state index is 0.224. The van der Waals surface area contributed by atoms with Crippen molar-refractivity contribution < 1.29 is 22.7 Å². The van der Waals surface area contributed by atoms with Gasteiger partial charge in [-0.05, 0) is 55.3 Å². The van der Waals surface area contributed by atoms with Gasteiger partial charge in [-0.3, -0.25) is 9.10 Å². The highest BCUT2D eigenvalue weighted by Gasteiger charge is 2.18. The first kappa shape index (κ1) is 22.5. The van der Waals surface area contributed by atoms with E-state index in [1.165, 1.54) is 11.4 Å². The van der Waals surface area contributed by atoms with E-state index in [0.29, 0.717) is 31.0 Å². The third-order valence-corrected chi connectivity index (χ3v) is 5.50. The Balaban J connectivity index is 1.84. The third-order valence-electron chi connectivity index (χ3n) is 4.30. The zero-order valence-corrected chi connectivity index (χ0v) is 18.0. The lowest BCUT2D eigenvalue weighted by Crippen LogP contribution is -2.39. The summed E-state index contributed by atoms with van der Waals surface area (Å²) in [5.74, 6) is 1.04. The molecule has 0 spiro atoms. The topological polar surface area (TPSA) is 84.9 Å². The maximum Gasteiger partial charge on any atom is 0.261 e. The van der Waals surface area contributed by atoms with Crippen molar-refractivity contribution in [3.8, 4) is 11.5 Å². The number of carbonyl (C=O) groups excluding carboxylic acids is 1. The van der Waals surface area contributed by atoms with E-state index in [-0.39, 0.29) is 5.91 Å². The van der Waals surface area contributed by atoms with Crippen molar-refractivity contribution >= 4 is 21.6 Å². The molecule has 1 atom stereocenters. The SMILES string of the molecule is CC[C@@H](Oc1ccc(N(C)S(C)(=O)=O)cc1)C(=O)NCCOc1cccc(C)c1. The molecule has 0 bridgehead atoms. The average molecular weight is 421 g/mol. The number of carbonyl (C=O) groups is 1. The monoisotopic (exact) mass is 420 g/mol. The van der Waals surface area contributed by atoms with Crippen LogP contribution in [-0.4, -0.2) is 46.9 Å². The fourth-order valence-electron chi connectivity index (χ4n) is 2.57. The second kappa shape index (κ2) is 10.2. The van der Waals surface area contributed by atoms with Gasteiger partial charge in [-0.1, -0.05) is 19.1 Å². The van der Waals surface area contributed by atoms with Gasteiger partial charge in [-0.25, -0.2) is 8.42 Å². The molecule has 0 unspecified atom stereocenters. The number of hydrogen-bond acceptors (Lipinski definition) is 5. The van der Waals surface area contributed by atoms with E-state index in [9.17, 15) is 13.2 Å². The Morgan fingerprint density at radius 2 is 1.83 bits per heavy atom. The van der Waals surface area contributed by atoms with Crippen molar-refractivity contribution in [3.05, 3.63) is 54.1 Å². The molecule has 0 fully saturated rings. The van der Waals surface area contributed by atoms with Crippen LogP contribution in [0.4, 0.5) is 5.69 Å². The Kier molecular flexibility index (Phi) is 7.90. The van der Waals surface area contributed by atoms with Crippen LogP contribution in [-0.2, 0) is 14.8 Å². The lowest BCUT2D eigenvalue weighted by atomic mass is 10.2. The molecular formula is C21H28N2O5S. The molecule has 1 N–H and O–H groups in total. The molecule has 0 heterocycles. The lowest BCUT2D eigenvalue weighted by molar-refractivity contribution is -0.128. The van der Waals surface area contributed by atoms with Gasteiger partial charge >= 0.3 is 0 Å². The zero-order valence-electron chi connectivity index (χ0n) is 17.2. The normalized spacial score (nSPS) is 12.1. The highest BCUT2D eigenvalue weighted by molar-refractivity contribution is 7.92. The number of benzene rings is 2. The Morgan fingerprint density at radius 3 is 2.41 bits per heavy atom. The van der Waals surface area contributed by atoms with Crippen molar-refractivity contribution in [1.82, 2.24) is 5.32 Å². The van der Waals surface area contributed by atoms with Crippen molar-refractivity contribution in [2.45, 2.75) is 26.4 Å². The van der Waals surface area contributed by atoms with Crippen LogP contribution in [0.15, 0.2) is 48.5 Å². The number of anilines is 1. The van der Waals surface area contributed by atoms with Crippen molar-refractivity contribution in [1.29, 1.82) is 0 Å².